The Balaban J connectivity index is 1.54. The van der Waals surface area contributed by atoms with Gasteiger partial charge in [0, 0.05) is 12.7 Å². The predicted molar refractivity (Wildman–Crippen MR) is 145 cm³/mol. The molecule has 4 aromatic rings. The third-order valence-corrected chi connectivity index (χ3v) is 7.10. The standard InChI is InChI=1S/C27H22N4O2S2/c1-18-9-8-14-30-24(18)29-23(28-16-19-10-4-2-5-11-19)21(25(30)32)15-22-26(33)31(27(34)35-22)17-20-12-6-3-7-13-20/h2-15,28H,16-17H2,1H3. The van der Waals surface area contributed by atoms with Gasteiger partial charge in [-0.25, -0.2) is 4.98 Å². The second-order valence-corrected chi connectivity index (χ2v) is 9.83. The zero-order valence-corrected chi connectivity index (χ0v) is 20.6. The molecule has 0 aliphatic carbocycles. The molecule has 174 valence electrons. The Morgan fingerprint density at radius 1 is 0.971 bits per heavy atom. The third-order valence-electron chi connectivity index (χ3n) is 5.72. The maximum Gasteiger partial charge on any atom is 0.267 e. The summed E-state index contributed by atoms with van der Waals surface area (Å²) in [6.07, 6.45) is 3.30. The Morgan fingerprint density at radius 3 is 2.37 bits per heavy atom. The maximum atomic E-state index is 13.5. The van der Waals surface area contributed by atoms with Gasteiger partial charge in [0.15, 0.2) is 0 Å². The molecule has 0 saturated carbocycles. The molecular formula is C27H22N4O2S2. The molecule has 2 aromatic heterocycles. The zero-order valence-electron chi connectivity index (χ0n) is 19.0. The Kier molecular flexibility index (Phi) is 6.48. The van der Waals surface area contributed by atoms with Gasteiger partial charge in [0.2, 0.25) is 0 Å². The molecule has 1 fully saturated rings. The number of carbonyl (C=O) groups is 1. The summed E-state index contributed by atoms with van der Waals surface area (Å²) in [5, 5.41) is 3.30. The summed E-state index contributed by atoms with van der Waals surface area (Å²) in [4.78, 5) is 33.5. The van der Waals surface area contributed by atoms with E-state index in [1.165, 1.54) is 16.2 Å². The van der Waals surface area contributed by atoms with Gasteiger partial charge < -0.3 is 5.32 Å². The first-order valence-electron chi connectivity index (χ1n) is 11.1. The molecule has 1 amide bonds. The Morgan fingerprint density at radius 2 is 1.66 bits per heavy atom. The van der Waals surface area contributed by atoms with Gasteiger partial charge in [-0.3, -0.25) is 18.9 Å². The molecule has 3 heterocycles. The SMILES string of the molecule is Cc1cccn2c(=O)c(C=C3SC(=S)N(Cc4ccccc4)C3=O)c(NCc3ccccc3)nc12. The number of benzene rings is 2. The van der Waals surface area contributed by atoms with Crippen molar-refractivity contribution in [3.8, 4) is 0 Å². The van der Waals surface area contributed by atoms with Crippen molar-refractivity contribution in [2.24, 2.45) is 0 Å². The van der Waals surface area contributed by atoms with Crippen molar-refractivity contribution in [2.75, 3.05) is 5.32 Å². The molecule has 6 nitrogen and oxygen atoms in total. The minimum atomic E-state index is -0.248. The fourth-order valence-corrected chi connectivity index (χ4v) is 5.13. The highest BCUT2D eigenvalue weighted by Gasteiger charge is 2.32. The molecule has 0 radical (unpaired) electrons. The lowest BCUT2D eigenvalue weighted by Gasteiger charge is -2.14. The van der Waals surface area contributed by atoms with Crippen LogP contribution < -0.4 is 10.9 Å². The zero-order chi connectivity index (χ0) is 24.4. The second-order valence-electron chi connectivity index (χ2n) is 8.16. The minimum Gasteiger partial charge on any atom is -0.365 e. The molecule has 0 bridgehead atoms. The Bertz CT molecular complexity index is 1520. The number of aryl methyl sites for hydroxylation is 1. The maximum absolute atomic E-state index is 13.5. The predicted octanol–water partition coefficient (Wildman–Crippen LogP) is 5.02. The Hall–Kier alpha value is -3.75. The number of fused-ring (bicyclic) bond motifs is 1. The second kappa shape index (κ2) is 9.85. The number of pyridine rings is 1. The van der Waals surface area contributed by atoms with E-state index >= 15 is 0 Å². The molecular weight excluding hydrogens is 476 g/mol. The summed E-state index contributed by atoms with van der Waals surface area (Å²) in [5.74, 6) is 0.216. The first-order chi connectivity index (χ1) is 17.0. The van der Waals surface area contributed by atoms with Crippen LogP contribution in [-0.2, 0) is 17.9 Å². The van der Waals surface area contributed by atoms with Crippen LogP contribution in [0.4, 0.5) is 5.82 Å². The normalized spacial score (nSPS) is 14.8. The van der Waals surface area contributed by atoms with Crippen molar-refractivity contribution in [2.45, 2.75) is 20.0 Å². The fraction of sp³-hybridized carbons (Fsp3) is 0.111. The number of anilines is 1. The smallest absolute Gasteiger partial charge is 0.267 e. The van der Waals surface area contributed by atoms with Gasteiger partial charge in [0.1, 0.15) is 15.8 Å². The molecule has 35 heavy (non-hydrogen) atoms. The van der Waals surface area contributed by atoms with Crippen LogP contribution in [-0.4, -0.2) is 24.5 Å². The number of hydrogen-bond donors (Lipinski definition) is 1. The van der Waals surface area contributed by atoms with E-state index in [1.807, 2.05) is 79.7 Å². The van der Waals surface area contributed by atoms with E-state index in [-0.39, 0.29) is 11.5 Å². The lowest BCUT2D eigenvalue weighted by molar-refractivity contribution is -0.122. The van der Waals surface area contributed by atoms with Crippen LogP contribution in [0.3, 0.4) is 0 Å². The van der Waals surface area contributed by atoms with Crippen LogP contribution in [0.1, 0.15) is 22.3 Å². The summed E-state index contributed by atoms with van der Waals surface area (Å²) in [6, 6.07) is 23.3. The summed E-state index contributed by atoms with van der Waals surface area (Å²) in [6.45, 7) is 2.79. The van der Waals surface area contributed by atoms with Gasteiger partial charge >= 0.3 is 0 Å². The van der Waals surface area contributed by atoms with Gasteiger partial charge in [0.05, 0.1) is 17.0 Å². The number of aromatic nitrogens is 2. The van der Waals surface area contributed by atoms with Crippen LogP contribution in [0, 0.1) is 6.92 Å². The van der Waals surface area contributed by atoms with Gasteiger partial charge in [0.25, 0.3) is 11.5 Å². The van der Waals surface area contributed by atoms with Gasteiger partial charge in [-0.05, 0) is 35.8 Å². The summed E-state index contributed by atoms with van der Waals surface area (Å²) < 4.78 is 1.98. The van der Waals surface area contributed by atoms with E-state index < -0.39 is 0 Å². The van der Waals surface area contributed by atoms with E-state index in [0.717, 1.165) is 16.7 Å². The van der Waals surface area contributed by atoms with Crippen molar-refractivity contribution in [1.29, 1.82) is 0 Å². The number of nitrogens with zero attached hydrogens (tertiary/aromatic N) is 3. The fourth-order valence-electron chi connectivity index (χ4n) is 3.89. The average molecular weight is 499 g/mol. The summed E-state index contributed by atoms with van der Waals surface area (Å²) in [5.41, 5.74) is 3.57. The lowest BCUT2D eigenvalue weighted by atomic mass is 10.2. The molecule has 1 N–H and O–H groups in total. The largest absolute Gasteiger partial charge is 0.365 e. The highest BCUT2D eigenvalue weighted by Crippen LogP contribution is 2.34. The molecule has 1 aliphatic rings. The van der Waals surface area contributed by atoms with Crippen molar-refractivity contribution >= 4 is 51.7 Å². The van der Waals surface area contributed by atoms with E-state index in [0.29, 0.717) is 39.3 Å². The van der Waals surface area contributed by atoms with Gasteiger partial charge in [-0.15, -0.1) is 0 Å². The monoisotopic (exact) mass is 498 g/mol. The highest BCUT2D eigenvalue weighted by molar-refractivity contribution is 8.26. The van der Waals surface area contributed by atoms with Gasteiger partial charge in [-0.1, -0.05) is 90.7 Å². The van der Waals surface area contributed by atoms with Gasteiger partial charge in [-0.2, -0.15) is 0 Å². The molecule has 0 spiro atoms. The van der Waals surface area contributed by atoms with Crippen LogP contribution in [0.2, 0.25) is 0 Å². The number of thioether (sulfide) groups is 1. The Labute approximate surface area is 212 Å². The third kappa shape index (κ3) is 4.76. The summed E-state index contributed by atoms with van der Waals surface area (Å²) >= 11 is 6.70. The van der Waals surface area contributed by atoms with E-state index in [2.05, 4.69) is 5.32 Å². The van der Waals surface area contributed by atoms with Crippen LogP contribution in [0.5, 0.6) is 0 Å². The lowest BCUT2D eigenvalue weighted by Crippen LogP contribution is -2.27. The number of carbonyl (C=O) groups excluding carboxylic acids is 1. The first kappa shape index (κ1) is 23.0. The van der Waals surface area contributed by atoms with E-state index in [1.54, 1.807) is 17.2 Å². The van der Waals surface area contributed by atoms with Crippen molar-refractivity contribution in [3.63, 3.8) is 0 Å². The minimum absolute atomic E-state index is 0.216. The molecule has 5 rings (SSSR count). The molecule has 1 aliphatic heterocycles. The number of nitrogens with one attached hydrogen (secondary N) is 1. The molecule has 0 unspecified atom stereocenters. The van der Waals surface area contributed by atoms with E-state index in [9.17, 15) is 9.59 Å². The summed E-state index contributed by atoms with van der Waals surface area (Å²) in [7, 11) is 0. The van der Waals surface area contributed by atoms with Crippen molar-refractivity contribution in [3.05, 3.63) is 117 Å². The molecule has 1 saturated heterocycles. The first-order valence-corrected chi connectivity index (χ1v) is 12.3. The molecule has 8 heteroatoms. The molecule has 0 atom stereocenters. The number of hydrogen-bond acceptors (Lipinski definition) is 6. The van der Waals surface area contributed by atoms with E-state index in [4.69, 9.17) is 17.2 Å². The van der Waals surface area contributed by atoms with Crippen molar-refractivity contribution in [1.82, 2.24) is 14.3 Å². The van der Waals surface area contributed by atoms with Crippen LogP contribution >= 0.6 is 24.0 Å². The molecule has 2 aromatic carbocycles. The quantitative estimate of drug-likeness (QED) is 0.298. The number of rotatable bonds is 6. The highest BCUT2D eigenvalue weighted by atomic mass is 32.2. The van der Waals surface area contributed by atoms with Crippen molar-refractivity contribution < 1.29 is 4.79 Å². The topological polar surface area (TPSA) is 66.7 Å². The van der Waals surface area contributed by atoms with Crippen LogP contribution in [0.25, 0.3) is 11.7 Å². The number of amides is 1. The average Bonchev–Trinajstić information content (AvgIpc) is 3.14. The number of thiocarbonyl (C=S) groups is 1. The van der Waals surface area contributed by atoms with Crippen LogP contribution in [0.15, 0.2) is 88.7 Å².